The van der Waals surface area contributed by atoms with Crippen molar-refractivity contribution in [3.05, 3.63) is 28.2 Å². The van der Waals surface area contributed by atoms with Crippen molar-refractivity contribution < 1.29 is 4.79 Å². The van der Waals surface area contributed by atoms with Crippen molar-refractivity contribution in [1.82, 2.24) is 5.32 Å². The van der Waals surface area contributed by atoms with E-state index in [1.807, 2.05) is 30.0 Å². The zero-order valence-corrected chi connectivity index (χ0v) is 12.0. The van der Waals surface area contributed by atoms with Crippen LogP contribution < -0.4 is 10.2 Å². The fourth-order valence-electron chi connectivity index (χ4n) is 1.98. The number of hydrogen-bond donors (Lipinski definition) is 1. The monoisotopic (exact) mass is 296 g/mol. The highest BCUT2D eigenvalue weighted by molar-refractivity contribution is 9.10. The molecule has 0 radical (unpaired) electrons. The molecule has 1 fully saturated rings. The minimum atomic E-state index is -0.0328. The average Bonchev–Trinajstić information content (AvgIpc) is 2.26. The predicted octanol–water partition coefficient (Wildman–Crippen LogP) is 2.47. The Balaban J connectivity index is 2.31. The fourth-order valence-corrected chi connectivity index (χ4v) is 2.23. The zero-order valence-electron chi connectivity index (χ0n) is 10.4. The minimum absolute atomic E-state index is 0.0328. The molecule has 0 aliphatic carbocycles. The van der Waals surface area contributed by atoms with Crippen LogP contribution in [0.5, 0.6) is 0 Å². The van der Waals surface area contributed by atoms with Crippen LogP contribution in [0.15, 0.2) is 22.7 Å². The van der Waals surface area contributed by atoms with E-state index in [2.05, 4.69) is 35.1 Å². The van der Waals surface area contributed by atoms with Crippen LogP contribution in [0.2, 0.25) is 0 Å². The van der Waals surface area contributed by atoms with Crippen molar-refractivity contribution in [2.45, 2.75) is 26.3 Å². The van der Waals surface area contributed by atoms with Gasteiger partial charge in [-0.25, -0.2) is 0 Å². The van der Waals surface area contributed by atoms with Gasteiger partial charge in [0.1, 0.15) is 0 Å². The standard InChI is InChI=1S/C13H17BrN2O/c1-9-6-10(4-5-11(9)14)16-8-13(2,3)15-7-12(16)17/h4-6,15H,7-8H2,1-3H3. The Hall–Kier alpha value is -0.870. The van der Waals surface area contributed by atoms with Crippen LogP contribution in [0.1, 0.15) is 19.4 Å². The topological polar surface area (TPSA) is 32.3 Å². The second-order valence-electron chi connectivity index (χ2n) is 5.15. The highest BCUT2D eigenvalue weighted by atomic mass is 79.9. The summed E-state index contributed by atoms with van der Waals surface area (Å²) >= 11 is 3.48. The largest absolute Gasteiger partial charge is 0.309 e. The van der Waals surface area contributed by atoms with Gasteiger partial charge in [-0.2, -0.15) is 0 Å². The highest BCUT2D eigenvalue weighted by Gasteiger charge is 2.31. The van der Waals surface area contributed by atoms with E-state index >= 15 is 0 Å². The Morgan fingerprint density at radius 2 is 2.12 bits per heavy atom. The van der Waals surface area contributed by atoms with E-state index in [1.54, 1.807) is 0 Å². The first-order chi connectivity index (χ1) is 7.89. The molecule has 1 aromatic rings. The van der Waals surface area contributed by atoms with Crippen LogP contribution in [0.25, 0.3) is 0 Å². The molecule has 1 heterocycles. The van der Waals surface area contributed by atoms with E-state index in [0.29, 0.717) is 13.1 Å². The van der Waals surface area contributed by atoms with Crippen LogP contribution in [-0.4, -0.2) is 24.5 Å². The highest BCUT2D eigenvalue weighted by Crippen LogP contribution is 2.25. The van der Waals surface area contributed by atoms with Crippen molar-refractivity contribution in [1.29, 1.82) is 0 Å². The summed E-state index contributed by atoms with van der Waals surface area (Å²) in [6.07, 6.45) is 0. The molecule has 0 bridgehead atoms. The molecule has 17 heavy (non-hydrogen) atoms. The third kappa shape index (κ3) is 2.69. The van der Waals surface area contributed by atoms with Gasteiger partial charge >= 0.3 is 0 Å². The molecule has 3 nitrogen and oxygen atoms in total. The first-order valence-electron chi connectivity index (χ1n) is 5.71. The molecule has 1 aliphatic rings. The SMILES string of the molecule is Cc1cc(N2CC(C)(C)NCC2=O)ccc1Br. The van der Waals surface area contributed by atoms with Gasteiger partial charge in [-0.15, -0.1) is 0 Å². The second-order valence-corrected chi connectivity index (χ2v) is 6.01. The quantitative estimate of drug-likeness (QED) is 0.863. The molecule has 1 aromatic carbocycles. The van der Waals surface area contributed by atoms with Crippen LogP contribution in [0.3, 0.4) is 0 Å². The molecule has 0 unspecified atom stereocenters. The summed E-state index contributed by atoms with van der Waals surface area (Å²) in [5.74, 6) is 0.131. The number of anilines is 1. The Morgan fingerprint density at radius 3 is 2.76 bits per heavy atom. The summed E-state index contributed by atoms with van der Waals surface area (Å²) in [5, 5.41) is 3.23. The Kier molecular flexibility index (Phi) is 3.27. The molecule has 1 N–H and O–H groups in total. The van der Waals surface area contributed by atoms with Crippen molar-refractivity contribution in [3.8, 4) is 0 Å². The molecule has 0 atom stereocenters. The molecule has 4 heteroatoms. The molecule has 92 valence electrons. The number of hydrogen-bond acceptors (Lipinski definition) is 2. The van der Waals surface area contributed by atoms with Gasteiger partial charge in [0, 0.05) is 22.2 Å². The molecule has 0 spiro atoms. The molecular formula is C13H17BrN2O. The molecule has 2 rings (SSSR count). The number of nitrogens with one attached hydrogen (secondary N) is 1. The summed E-state index contributed by atoms with van der Waals surface area (Å²) < 4.78 is 1.07. The number of benzene rings is 1. The maximum absolute atomic E-state index is 11.9. The fraction of sp³-hybridized carbons (Fsp3) is 0.462. The van der Waals surface area contributed by atoms with E-state index in [-0.39, 0.29) is 11.4 Å². The van der Waals surface area contributed by atoms with Gasteiger partial charge in [0.05, 0.1) is 6.54 Å². The van der Waals surface area contributed by atoms with E-state index in [0.717, 1.165) is 15.7 Å². The Morgan fingerprint density at radius 1 is 1.41 bits per heavy atom. The summed E-state index contributed by atoms with van der Waals surface area (Å²) in [7, 11) is 0. The van der Waals surface area contributed by atoms with Gasteiger partial charge in [0.15, 0.2) is 0 Å². The number of carbonyl (C=O) groups excluding carboxylic acids is 1. The van der Waals surface area contributed by atoms with Gasteiger partial charge in [0.25, 0.3) is 0 Å². The number of carbonyl (C=O) groups is 1. The molecule has 0 saturated carbocycles. The Bertz CT molecular complexity index is 457. The second kappa shape index (κ2) is 4.42. The van der Waals surface area contributed by atoms with Crippen molar-refractivity contribution >= 4 is 27.5 Å². The van der Waals surface area contributed by atoms with Gasteiger partial charge in [-0.3, -0.25) is 4.79 Å². The third-order valence-corrected chi connectivity index (χ3v) is 3.92. The van der Waals surface area contributed by atoms with Crippen LogP contribution in [0, 0.1) is 6.92 Å². The first kappa shape index (κ1) is 12.6. The van der Waals surface area contributed by atoms with Crippen molar-refractivity contribution in [3.63, 3.8) is 0 Å². The lowest BCUT2D eigenvalue weighted by molar-refractivity contribution is -0.119. The normalized spacial score (nSPS) is 19.5. The lowest BCUT2D eigenvalue weighted by atomic mass is 10.0. The Labute approximate surface area is 110 Å². The number of halogens is 1. The lowest BCUT2D eigenvalue weighted by Crippen LogP contribution is -2.60. The van der Waals surface area contributed by atoms with Gasteiger partial charge in [-0.05, 0) is 44.5 Å². The number of aryl methyl sites for hydroxylation is 1. The maximum atomic E-state index is 11.9. The number of rotatable bonds is 1. The van der Waals surface area contributed by atoms with Gasteiger partial charge < -0.3 is 10.2 Å². The zero-order chi connectivity index (χ0) is 12.6. The molecule has 1 amide bonds. The molecule has 1 aliphatic heterocycles. The summed E-state index contributed by atoms with van der Waals surface area (Å²) in [6.45, 7) is 7.36. The van der Waals surface area contributed by atoms with Crippen LogP contribution in [0.4, 0.5) is 5.69 Å². The van der Waals surface area contributed by atoms with Gasteiger partial charge in [-0.1, -0.05) is 15.9 Å². The van der Waals surface area contributed by atoms with Gasteiger partial charge in [0.2, 0.25) is 5.91 Å². The smallest absolute Gasteiger partial charge is 0.241 e. The van der Waals surface area contributed by atoms with E-state index in [9.17, 15) is 4.79 Å². The maximum Gasteiger partial charge on any atom is 0.241 e. The average molecular weight is 297 g/mol. The minimum Gasteiger partial charge on any atom is -0.309 e. The summed E-state index contributed by atoms with van der Waals surface area (Å²) in [5.41, 5.74) is 2.09. The van der Waals surface area contributed by atoms with E-state index in [4.69, 9.17) is 0 Å². The van der Waals surface area contributed by atoms with Crippen LogP contribution >= 0.6 is 15.9 Å². The predicted molar refractivity (Wildman–Crippen MR) is 73.3 cm³/mol. The van der Waals surface area contributed by atoms with E-state index in [1.165, 1.54) is 0 Å². The molecular weight excluding hydrogens is 280 g/mol. The number of nitrogens with zero attached hydrogens (tertiary/aromatic N) is 1. The van der Waals surface area contributed by atoms with Crippen molar-refractivity contribution in [2.75, 3.05) is 18.0 Å². The van der Waals surface area contributed by atoms with Crippen LogP contribution in [-0.2, 0) is 4.79 Å². The molecule has 1 saturated heterocycles. The third-order valence-electron chi connectivity index (χ3n) is 3.03. The first-order valence-corrected chi connectivity index (χ1v) is 6.50. The number of amides is 1. The summed E-state index contributed by atoms with van der Waals surface area (Å²) in [4.78, 5) is 13.8. The van der Waals surface area contributed by atoms with E-state index < -0.39 is 0 Å². The van der Waals surface area contributed by atoms with Crippen molar-refractivity contribution in [2.24, 2.45) is 0 Å². The summed E-state index contributed by atoms with van der Waals surface area (Å²) in [6, 6.07) is 6.02. The molecule has 0 aromatic heterocycles. The number of piperazine rings is 1. The lowest BCUT2D eigenvalue weighted by Gasteiger charge is -2.38.